The topological polar surface area (TPSA) is 52.5 Å². The van der Waals surface area contributed by atoms with Gasteiger partial charge in [-0.05, 0) is 67.9 Å². The Hall–Kier alpha value is -2.86. The first-order valence-corrected chi connectivity index (χ1v) is 13.7. The quantitative estimate of drug-likeness (QED) is 0.432. The Bertz CT molecular complexity index is 1340. The zero-order valence-electron chi connectivity index (χ0n) is 22.2. The number of nitrogens with one attached hydrogen (secondary N) is 1. The molecule has 0 bridgehead atoms. The normalized spacial score (nSPS) is 20.8. The lowest BCUT2D eigenvalue weighted by atomic mass is 9.91. The Morgan fingerprint density at radius 2 is 1.97 bits per heavy atom. The molecule has 1 unspecified atom stereocenters. The van der Waals surface area contributed by atoms with Gasteiger partial charge in [-0.1, -0.05) is 32.9 Å². The van der Waals surface area contributed by atoms with Gasteiger partial charge in [0.05, 0.1) is 29.8 Å². The number of halogens is 1. The summed E-state index contributed by atoms with van der Waals surface area (Å²) < 4.78 is 29.3. The molecule has 1 aliphatic carbocycles. The molecule has 1 saturated heterocycles. The van der Waals surface area contributed by atoms with E-state index in [0.717, 1.165) is 80.5 Å². The second kappa shape index (κ2) is 9.16. The standard InChI is InChI=1S/C31H37FN2O3/c1-30(2,3)28-15-22-14-25(24(32)17-26(22)34(28)18-20-6-4-12-36-19-20)33-29(35)31(10-11-31)23-9-8-21-7-5-13-37-27(21)16-23/h8-9,14-17,20H,4-7,10-13,18-19H2,1-3H3,(H,33,35). The smallest absolute Gasteiger partial charge is 0.235 e. The molecule has 2 aliphatic heterocycles. The number of nitrogens with zero attached hydrogens (tertiary/aromatic N) is 1. The van der Waals surface area contributed by atoms with E-state index in [1.54, 1.807) is 12.1 Å². The van der Waals surface area contributed by atoms with Crippen LogP contribution in [0.15, 0.2) is 36.4 Å². The van der Waals surface area contributed by atoms with Crippen LogP contribution in [0, 0.1) is 11.7 Å². The van der Waals surface area contributed by atoms with Crippen LogP contribution >= 0.6 is 0 Å². The van der Waals surface area contributed by atoms with Gasteiger partial charge in [-0.2, -0.15) is 0 Å². The molecule has 6 heteroatoms. The van der Waals surface area contributed by atoms with Crippen LogP contribution in [0.25, 0.3) is 10.9 Å². The van der Waals surface area contributed by atoms with Crippen molar-refractivity contribution in [3.05, 3.63) is 59.0 Å². The lowest BCUT2D eigenvalue weighted by Gasteiger charge is -2.27. The number of rotatable bonds is 5. The highest BCUT2D eigenvalue weighted by Crippen LogP contribution is 2.50. The first-order valence-electron chi connectivity index (χ1n) is 13.7. The second-order valence-corrected chi connectivity index (χ2v) is 12.2. The summed E-state index contributed by atoms with van der Waals surface area (Å²) in [5, 5.41) is 3.90. The van der Waals surface area contributed by atoms with Gasteiger partial charge in [0, 0.05) is 41.6 Å². The summed E-state index contributed by atoms with van der Waals surface area (Å²) in [7, 11) is 0. The van der Waals surface area contributed by atoms with Gasteiger partial charge in [0.25, 0.3) is 0 Å². The van der Waals surface area contributed by atoms with E-state index in [0.29, 0.717) is 12.5 Å². The molecule has 3 aromatic rings. The van der Waals surface area contributed by atoms with Crippen molar-refractivity contribution in [2.24, 2.45) is 5.92 Å². The van der Waals surface area contributed by atoms with Crippen molar-refractivity contribution in [3.63, 3.8) is 0 Å². The highest BCUT2D eigenvalue weighted by molar-refractivity contribution is 6.02. The van der Waals surface area contributed by atoms with E-state index < -0.39 is 11.2 Å². The molecule has 1 saturated carbocycles. The van der Waals surface area contributed by atoms with E-state index in [-0.39, 0.29) is 17.0 Å². The van der Waals surface area contributed by atoms with Gasteiger partial charge in [-0.25, -0.2) is 4.39 Å². The molecule has 0 radical (unpaired) electrons. The minimum absolute atomic E-state index is 0.0962. The molecule has 196 valence electrons. The number of hydrogen-bond acceptors (Lipinski definition) is 3. The number of aromatic nitrogens is 1. The molecule has 3 heterocycles. The first-order chi connectivity index (χ1) is 17.7. The summed E-state index contributed by atoms with van der Waals surface area (Å²) in [5.74, 6) is 0.763. The minimum atomic E-state index is -0.610. The van der Waals surface area contributed by atoms with Crippen LogP contribution in [-0.2, 0) is 33.3 Å². The van der Waals surface area contributed by atoms with Gasteiger partial charge >= 0.3 is 0 Å². The summed E-state index contributed by atoms with van der Waals surface area (Å²) in [6.45, 7) is 9.66. The summed E-state index contributed by atoms with van der Waals surface area (Å²) in [4.78, 5) is 13.5. The Balaban J connectivity index is 1.30. The number of benzene rings is 2. The van der Waals surface area contributed by atoms with Crippen molar-refractivity contribution >= 4 is 22.5 Å². The highest BCUT2D eigenvalue weighted by Gasteiger charge is 2.51. The van der Waals surface area contributed by atoms with E-state index >= 15 is 4.39 Å². The SMILES string of the molecule is CC(C)(C)c1cc2cc(NC(=O)C3(c4ccc5c(c4)OCCC5)CC3)c(F)cc2n1CC1CCCOC1. The molecule has 5 nitrogen and oxygen atoms in total. The fourth-order valence-electron chi connectivity index (χ4n) is 6.06. The molecule has 37 heavy (non-hydrogen) atoms. The number of fused-ring (bicyclic) bond motifs is 2. The number of aryl methyl sites for hydroxylation is 1. The second-order valence-electron chi connectivity index (χ2n) is 12.2. The van der Waals surface area contributed by atoms with Crippen molar-refractivity contribution < 1.29 is 18.7 Å². The van der Waals surface area contributed by atoms with E-state index in [1.165, 1.54) is 11.3 Å². The lowest BCUT2D eigenvalue weighted by Crippen LogP contribution is -2.28. The van der Waals surface area contributed by atoms with Gasteiger partial charge in [-0.3, -0.25) is 4.79 Å². The van der Waals surface area contributed by atoms with Gasteiger partial charge in [0.15, 0.2) is 0 Å². The van der Waals surface area contributed by atoms with Crippen LogP contribution in [0.5, 0.6) is 5.75 Å². The molecule has 2 fully saturated rings. The van der Waals surface area contributed by atoms with E-state index in [1.807, 2.05) is 12.1 Å². The molecule has 2 aromatic carbocycles. The third-order valence-electron chi connectivity index (χ3n) is 8.35. The number of amides is 1. The average molecular weight is 505 g/mol. The summed E-state index contributed by atoms with van der Waals surface area (Å²) in [6.07, 6.45) is 5.73. The van der Waals surface area contributed by atoms with Crippen molar-refractivity contribution in [2.45, 2.75) is 76.7 Å². The van der Waals surface area contributed by atoms with Crippen LogP contribution in [0.4, 0.5) is 10.1 Å². The van der Waals surface area contributed by atoms with Gasteiger partial charge in [-0.15, -0.1) is 0 Å². The van der Waals surface area contributed by atoms with Crippen LogP contribution in [0.3, 0.4) is 0 Å². The predicted molar refractivity (Wildman–Crippen MR) is 144 cm³/mol. The zero-order valence-corrected chi connectivity index (χ0v) is 22.2. The number of anilines is 1. The van der Waals surface area contributed by atoms with Crippen LogP contribution < -0.4 is 10.1 Å². The third kappa shape index (κ3) is 4.54. The summed E-state index contributed by atoms with van der Waals surface area (Å²) in [6, 6.07) is 11.7. The first kappa shape index (κ1) is 24.5. The van der Waals surface area contributed by atoms with Gasteiger partial charge < -0.3 is 19.4 Å². The maximum atomic E-state index is 15.5. The third-order valence-corrected chi connectivity index (χ3v) is 8.35. The number of carbonyl (C=O) groups excluding carboxylic acids is 1. The maximum Gasteiger partial charge on any atom is 0.235 e. The largest absolute Gasteiger partial charge is 0.493 e. The molecule has 0 spiro atoms. The van der Waals surface area contributed by atoms with Gasteiger partial charge in [0.2, 0.25) is 5.91 Å². The summed E-state index contributed by atoms with van der Waals surface area (Å²) in [5.41, 5.74) is 3.74. The van der Waals surface area contributed by atoms with E-state index in [4.69, 9.17) is 9.47 Å². The average Bonchev–Trinajstić information content (AvgIpc) is 3.63. The molecular weight excluding hydrogens is 467 g/mol. The molecule has 1 N–H and O–H groups in total. The molecular formula is C31H37FN2O3. The highest BCUT2D eigenvalue weighted by atomic mass is 19.1. The monoisotopic (exact) mass is 504 g/mol. The Morgan fingerprint density at radius 1 is 1.14 bits per heavy atom. The molecule has 1 aromatic heterocycles. The van der Waals surface area contributed by atoms with Crippen LogP contribution in [0.1, 0.15) is 69.7 Å². The molecule has 3 aliphatic rings. The Labute approximate surface area is 218 Å². The van der Waals surface area contributed by atoms with Crippen LogP contribution in [0.2, 0.25) is 0 Å². The molecule has 6 rings (SSSR count). The minimum Gasteiger partial charge on any atom is -0.493 e. The predicted octanol–water partition coefficient (Wildman–Crippen LogP) is 6.50. The van der Waals surface area contributed by atoms with Gasteiger partial charge in [0.1, 0.15) is 11.6 Å². The van der Waals surface area contributed by atoms with E-state index in [2.05, 4.69) is 42.8 Å². The number of hydrogen-bond donors (Lipinski definition) is 1. The number of ether oxygens (including phenoxy) is 2. The summed E-state index contributed by atoms with van der Waals surface area (Å²) >= 11 is 0. The lowest BCUT2D eigenvalue weighted by molar-refractivity contribution is -0.118. The van der Waals surface area contributed by atoms with Crippen LogP contribution in [-0.4, -0.2) is 30.3 Å². The van der Waals surface area contributed by atoms with Crippen molar-refractivity contribution in [3.8, 4) is 5.75 Å². The fourth-order valence-corrected chi connectivity index (χ4v) is 6.06. The van der Waals surface area contributed by atoms with Crippen molar-refractivity contribution in [1.82, 2.24) is 4.57 Å². The fraction of sp³-hybridized carbons (Fsp3) is 0.516. The zero-order chi connectivity index (χ0) is 25.8. The number of carbonyl (C=O) groups is 1. The Morgan fingerprint density at radius 3 is 2.70 bits per heavy atom. The van der Waals surface area contributed by atoms with Crippen molar-refractivity contribution in [1.29, 1.82) is 0 Å². The molecule has 1 amide bonds. The maximum absolute atomic E-state index is 15.5. The Kier molecular flexibility index (Phi) is 6.06. The van der Waals surface area contributed by atoms with E-state index in [9.17, 15) is 4.79 Å². The molecule has 1 atom stereocenters. The van der Waals surface area contributed by atoms with Crippen molar-refractivity contribution in [2.75, 3.05) is 25.1 Å².